The predicted molar refractivity (Wildman–Crippen MR) is 109 cm³/mol. The van der Waals surface area contributed by atoms with Crippen molar-refractivity contribution in [2.45, 2.75) is 65.0 Å². The zero-order valence-electron chi connectivity index (χ0n) is 17.8. The van der Waals surface area contributed by atoms with Gasteiger partial charge in [0.05, 0.1) is 6.54 Å². The molecule has 1 aliphatic carbocycles. The fourth-order valence-electron chi connectivity index (χ4n) is 4.93. The lowest BCUT2D eigenvalue weighted by Crippen LogP contribution is -2.56. The number of allylic oxidation sites excluding steroid dienone is 2. The molecule has 1 saturated heterocycles. The Kier molecular flexibility index (Phi) is 6.19. The van der Waals surface area contributed by atoms with Crippen molar-refractivity contribution in [1.82, 2.24) is 15.1 Å². The number of carbonyl (C=O) groups excluding carboxylic acids is 1. The van der Waals surface area contributed by atoms with Gasteiger partial charge >= 0.3 is 0 Å². The van der Waals surface area contributed by atoms with Crippen molar-refractivity contribution in [3.63, 3.8) is 0 Å². The van der Waals surface area contributed by atoms with Crippen molar-refractivity contribution >= 4 is 5.91 Å². The summed E-state index contributed by atoms with van der Waals surface area (Å²) in [4.78, 5) is 16.4. The second-order valence-electron chi connectivity index (χ2n) is 8.84. The van der Waals surface area contributed by atoms with Gasteiger partial charge in [-0.1, -0.05) is 33.6 Å². The first kappa shape index (κ1) is 20.2. The number of amides is 1. The van der Waals surface area contributed by atoms with Crippen LogP contribution in [-0.2, 0) is 9.53 Å². The highest BCUT2D eigenvalue weighted by molar-refractivity contribution is 5.93. The number of likely N-dealkylation sites (N-methyl/N-ethyl adjacent to an activating group) is 2. The van der Waals surface area contributed by atoms with Crippen LogP contribution in [0, 0.1) is 11.3 Å². The van der Waals surface area contributed by atoms with Crippen molar-refractivity contribution < 1.29 is 9.53 Å². The molecule has 0 radical (unpaired) electrons. The normalized spacial score (nSPS) is 27.1. The SMILES string of the molecule is CCC(C)(CC)C1CCC(N2CC(OC3=CC=C(C(=O)NC)N(C)C3)C2)C1. The first-order valence-electron chi connectivity index (χ1n) is 10.6. The Bertz CT molecular complexity index is 603. The van der Waals surface area contributed by atoms with Gasteiger partial charge in [-0.25, -0.2) is 0 Å². The maximum absolute atomic E-state index is 11.8. The van der Waals surface area contributed by atoms with E-state index >= 15 is 0 Å². The smallest absolute Gasteiger partial charge is 0.267 e. The van der Waals surface area contributed by atoms with Gasteiger partial charge in [0.2, 0.25) is 0 Å². The highest BCUT2D eigenvalue weighted by Gasteiger charge is 2.42. The molecule has 3 rings (SSSR count). The third-order valence-corrected chi connectivity index (χ3v) is 7.41. The minimum atomic E-state index is -0.0513. The minimum absolute atomic E-state index is 0.0513. The van der Waals surface area contributed by atoms with Gasteiger partial charge in [-0.2, -0.15) is 0 Å². The number of nitrogens with one attached hydrogen (secondary N) is 1. The van der Waals surface area contributed by atoms with Gasteiger partial charge in [0.1, 0.15) is 17.6 Å². The maximum atomic E-state index is 11.8. The molecule has 1 N–H and O–H groups in total. The number of rotatable bonds is 7. The molecule has 0 aromatic rings. The van der Waals surface area contributed by atoms with E-state index in [1.54, 1.807) is 7.05 Å². The molecule has 0 aromatic carbocycles. The lowest BCUT2D eigenvalue weighted by Gasteiger charge is -2.44. The highest BCUT2D eigenvalue weighted by Crippen LogP contribution is 2.46. The van der Waals surface area contributed by atoms with E-state index < -0.39 is 0 Å². The molecule has 5 heteroatoms. The molecule has 1 saturated carbocycles. The van der Waals surface area contributed by atoms with E-state index in [4.69, 9.17) is 4.74 Å². The molecule has 3 aliphatic rings. The number of carbonyl (C=O) groups is 1. The van der Waals surface area contributed by atoms with Crippen molar-refractivity contribution in [3.8, 4) is 0 Å². The average Bonchev–Trinajstić information content (AvgIpc) is 3.13. The van der Waals surface area contributed by atoms with Crippen LogP contribution in [0.15, 0.2) is 23.6 Å². The summed E-state index contributed by atoms with van der Waals surface area (Å²) in [6.07, 6.45) is 10.8. The number of hydrogen-bond donors (Lipinski definition) is 1. The van der Waals surface area contributed by atoms with Crippen molar-refractivity contribution in [3.05, 3.63) is 23.6 Å². The second kappa shape index (κ2) is 8.26. The van der Waals surface area contributed by atoms with Gasteiger partial charge in [0.15, 0.2) is 0 Å². The summed E-state index contributed by atoms with van der Waals surface area (Å²) >= 11 is 0. The van der Waals surface area contributed by atoms with Gasteiger partial charge < -0.3 is 15.0 Å². The molecule has 2 fully saturated rings. The van der Waals surface area contributed by atoms with Crippen LogP contribution in [0.3, 0.4) is 0 Å². The Balaban J connectivity index is 1.46. The number of hydrogen-bond acceptors (Lipinski definition) is 4. The van der Waals surface area contributed by atoms with Gasteiger partial charge in [-0.15, -0.1) is 0 Å². The monoisotopic (exact) mass is 375 g/mol. The summed E-state index contributed by atoms with van der Waals surface area (Å²) in [7, 11) is 3.59. The highest BCUT2D eigenvalue weighted by atomic mass is 16.5. The zero-order valence-corrected chi connectivity index (χ0v) is 17.8. The number of nitrogens with zero attached hydrogens (tertiary/aromatic N) is 2. The molecule has 27 heavy (non-hydrogen) atoms. The molecule has 0 bridgehead atoms. The Morgan fingerprint density at radius 2 is 1.96 bits per heavy atom. The van der Waals surface area contributed by atoms with Crippen molar-refractivity contribution in [2.75, 3.05) is 33.7 Å². The van der Waals surface area contributed by atoms with Gasteiger partial charge in [0.25, 0.3) is 5.91 Å². The Labute approximate surface area is 164 Å². The first-order chi connectivity index (χ1) is 12.9. The summed E-state index contributed by atoms with van der Waals surface area (Å²) in [6.45, 7) is 9.92. The van der Waals surface area contributed by atoms with Crippen LogP contribution in [0.4, 0.5) is 0 Å². The van der Waals surface area contributed by atoms with E-state index in [1.807, 2.05) is 24.1 Å². The zero-order chi connectivity index (χ0) is 19.6. The number of likely N-dealkylation sites (tertiary alicyclic amines) is 1. The lowest BCUT2D eigenvalue weighted by atomic mass is 9.72. The average molecular weight is 376 g/mol. The largest absolute Gasteiger partial charge is 0.490 e. The summed E-state index contributed by atoms with van der Waals surface area (Å²) in [5.74, 6) is 1.79. The molecule has 2 aliphatic heterocycles. The van der Waals surface area contributed by atoms with Gasteiger partial charge in [0, 0.05) is 33.2 Å². The molecule has 152 valence electrons. The van der Waals surface area contributed by atoms with E-state index in [1.165, 1.54) is 32.1 Å². The van der Waals surface area contributed by atoms with Crippen LogP contribution in [0.1, 0.15) is 52.9 Å². The fourth-order valence-corrected chi connectivity index (χ4v) is 4.93. The van der Waals surface area contributed by atoms with E-state index in [-0.39, 0.29) is 5.91 Å². The minimum Gasteiger partial charge on any atom is -0.490 e. The first-order valence-corrected chi connectivity index (χ1v) is 10.6. The maximum Gasteiger partial charge on any atom is 0.267 e. The van der Waals surface area contributed by atoms with E-state index in [0.29, 0.717) is 23.8 Å². The molecular weight excluding hydrogens is 338 g/mol. The van der Waals surface area contributed by atoms with Crippen LogP contribution in [0.25, 0.3) is 0 Å². The van der Waals surface area contributed by atoms with Crippen molar-refractivity contribution in [2.24, 2.45) is 11.3 Å². The molecule has 2 unspecified atom stereocenters. The van der Waals surface area contributed by atoms with Crippen LogP contribution in [0.2, 0.25) is 0 Å². The molecule has 5 nitrogen and oxygen atoms in total. The summed E-state index contributed by atoms with van der Waals surface area (Å²) in [6, 6.07) is 0.745. The van der Waals surface area contributed by atoms with Crippen LogP contribution in [-0.4, -0.2) is 61.6 Å². The number of ether oxygens (including phenoxy) is 1. The summed E-state index contributed by atoms with van der Waals surface area (Å²) < 4.78 is 6.19. The third kappa shape index (κ3) is 4.18. The Morgan fingerprint density at radius 1 is 1.26 bits per heavy atom. The standard InChI is InChI=1S/C22H37N3O2/c1-6-22(3,7-2)16-8-9-17(12-16)25-14-19(15-25)27-18-10-11-20(21(26)23-4)24(5)13-18/h10-11,16-17,19H,6-9,12-15H2,1-5H3,(H,23,26). The summed E-state index contributed by atoms with van der Waals surface area (Å²) in [5, 5.41) is 2.68. The quantitative estimate of drug-likeness (QED) is 0.742. The second-order valence-corrected chi connectivity index (χ2v) is 8.84. The molecule has 2 atom stereocenters. The lowest BCUT2D eigenvalue weighted by molar-refractivity contribution is -0.118. The third-order valence-electron chi connectivity index (χ3n) is 7.41. The fraction of sp³-hybridized carbons (Fsp3) is 0.773. The Morgan fingerprint density at radius 3 is 2.56 bits per heavy atom. The molecule has 2 heterocycles. The van der Waals surface area contributed by atoms with E-state index in [2.05, 4.69) is 31.0 Å². The van der Waals surface area contributed by atoms with Gasteiger partial charge in [-0.05, 0) is 42.7 Å². The topological polar surface area (TPSA) is 44.8 Å². The summed E-state index contributed by atoms with van der Waals surface area (Å²) in [5.41, 5.74) is 1.20. The molecule has 0 aromatic heterocycles. The van der Waals surface area contributed by atoms with Crippen LogP contribution < -0.4 is 5.32 Å². The van der Waals surface area contributed by atoms with Crippen LogP contribution >= 0.6 is 0 Å². The van der Waals surface area contributed by atoms with E-state index in [9.17, 15) is 4.79 Å². The Hall–Kier alpha value is -1.49. The molecule has 1 amide bonds. The van der Waals surface area contributed by atoms with Gasteiger partial charge in [-0.3, -0.25) is 9.69 Å². The van der Waals surface area contributed by atoms with Crippen LogP contribution in [0.5, 0.6) is 0 Å². The van der Waals surface area contributed by atoms with Crippen molar-refractivity contribution in [1.29, 1.82) is 0 Å². The molecular formula is C22H37N3O2. The molecule has 0 spiro atoms. The van der Waals surface area contributed by atoms with E-state index in [0.717, 1.165) is 30.8 Å². The predicted octanol–water partition coefficient (Wildman–Crippen LogP) is 3.14.